The van der Waals surface area contributed by atoms with Gasteiger partial charge < -0.3 is 14.6 Å². The molecular formula is C27H21ClN4O5S. The van der Waals surface area contributed by atoms with Crippen LogP contribution in [0, 0.1) is 13.8 Å². The minimum absolute atomic E-state index is 0.0308. The number of nitrogens with zero attached hydrogens (tertiary/aromatic N) is 3. The van der Waals surface area contributed by atoms with Gasteiger partial charge in [0.1, 0.15) is 22.0 Å². The third-order valence-corrected chi connectivity index (χ3v) is 7.07. The summed E-state index contributed by atoms with van der Waals surface area (Å²) in [4.78, 5) is 39.9. The first-order valence-electron chi connectivity index (χ1n) is 11.6. The summed E-state index contributed by atoms with van der Waals surface area (Å²) in [5.41, 5.74) is 1.92. The Kier molecular flexibility index (Phi) is 6.83. The maximum atomic E-state index is 13.7. The lowest BCUT2D eigenvalue weighted by molar-refractivity contribution is 0.0520. The van der Waals surface area contributed by atoms with Crippen LogP contribution in [-0.2, 0) is 4.74 Å². The standard InChI is InChI=1S/C27H21ClN4O5S/c1-4-36-27(35)23-18-13-38-25(21(18)26(34)32(30-23)16-11-9-14(2)10-12-16)29-24(33)20-15(3)37-31-22(20)17-7-5-6-8-19(17)28/h5-13H,4H2,1-3H3,(H,29,33). The average Bonchev–Trinajstić information content (AvgIpc) is 3.49. The fraction of sp³-hybridized carbons (Fsp3) is 0.148. The fourth-order valence-electron chi connectivity index (χ4n) is 4.00. The first-order valence-corrected chi connectivity index (χ1v) is 12.9. The lowest BCUT2D eigenvalue weighted by Crippen LogP contribution is -2.25. The molecular weight excluding hydrogens is 528 g/mol. The molecule has 1 N–H and O–H groups in total. The topological polar surface area (TPSA) is 116 Å². The largest absolute Gasteiger partial charge is 0.461 e. The van der Waals surface area contributed by atoms with Crippen molar-refractivity contribution in [3.8, 4) is 16.9 Å². The third kappa shape index (κ3) is 4.48. The van der Waals surface area contributed by atoms with Crippen molar-refractivity contribution in [2.75, 3.05) is 11.9 Å². The van der Waals surface area contributed by atoms with Crippen molar-refractivity contribution in [1.82, 2.24) is 14.9 Å². The first kappa shape index (κ1) is 25.4. The third-order valence-electron chi connectivity index (χ3n) is 5.85. The predicted molar refractivity (Wildman–Crippen MR) is 146 cm³/mol. The number of thiophene rings is 1. The van der Waals surface area contributed by atoms with Crippen molar-refractivity contribution in [2.45, 2.75) is 20.8 Å². The fourth-order valence-corrected chi connectivity index (χ4v) is 5.15. The molecule has 0 aliphatic carbocycles. The van der Waals surface area contributed by atoms with Crippen molar-refractivity contribution < 1.29 is 18.8 Å². The van der Waals surface area contributed by atoms with Gasteiger partial charge in [0.25, 0.3) is 11.5 Å². The van der Waals surface area contributed by atoms with Gasteiger partial charge in [-0.15, -0.1) is 11.3 Å². The van der Waals surface area contributed by atoms with Gasteiger partial charge in [-0.25, -0.2) is 4.79 Å². The molecule has 0 aliphatic rings. The van der Waals surface area contributed by atoms with Crippen LogP contribution in [0.25, 0.3) is 27.7 Å². The first-order chi connectivity index (χ1) is 18.3. The summed E-state index contributed by atoms with van der Waals surface area (Å²) < 4.78 is 11.6. The Labute approximate surface area is 225 Å². The summed E-state index contributed by atoms with van der Waals surface area (Å²) in [5, 5.41) is 13.8. The molecule has 0 fully saturated rings. The number of ether oxygens (including phenoxy) is 1. The van der Waals surface area contributed by atoms with Gasteiger partial charge in [0.15, 0.2) is 5.69 Å². The second-order valence-corrected chi connectivity index (χ2v) is 9.66. The maximum absolute atomic E-state index is 13.7. The molecule has 0 spiro atoms. The van der Waals surface area contributed by atoms with Gasteiger partial charge in [-0.3, -0.25) is 9.59 Å². The molecule has 0 atom stereocenters. The zero-order valence-electron chi connectivity index (χ0n) is 20.6. The quantitative estimate of drug-likeness (QED) is 0.266. The second-order valence-electron chi connectivity index (χ2n) is 8.37. The Morgan fingerprint density at radius 3 is 2.58 bits per heavy atom. The number of carbonyl (C=O) groups excluding carboxylic acids is 2. The Bertz CT molecular complexity index is 1750. The normalized spacial score (nSPS) is 11.1. The number of hydrogen-bond acceptors (Lipinski definition) is 8. The molecule has 5 rings (SSSR count). The summed E-state index contributed by atoms with van der Waals surface area (Å²) in [6.07, 6.45) is 0. The molecule has 0 radical (unpaired) electrons. The molecule has 3 aromatic heterocycles. The zero-order chi connectivity index (χ0) is 27.0. The van der Waals surface area contributed by atoms with Crippen molar-refractivity contribution in [3.05, 3.63) is 91.9 Å². The minimum atomic E-state index is -0.676. The molecule has 5 aromatic rings. The molecule has 0 aliphatic heterocycles. The highest BCUT2D eigenvalue weighted by Crippen LogP contribution is 2.34. The summed E-state index contributed by atoms with van der Waals surface area (Å²) in [6.45, 7) is 5.35. The van der Waals surface area contributed by atoms with Crippen molar-refractivity contribution >= 4 is 50.6 Å². The highest BCUT2D eigenvalue weighted by atomic mass is 35.5. The highest BCUT2D eigenvalue weighted by molar-refractivity contribution is 7.16. The van der Waals surface area contributed by atoms with Crippen LogP contribution in [0.1, 0.15) is 39.1 Å². The molecule has 9 nitrogen and oxygen atoms in total. The van der Waals surface area contributed by atoms with Crippen molar-refractivity contribution in [2.24, 2.45) is 0 Å². The van der Waals surface area contributed by atoms with Gasteiger partial charge in [0, 0.05) is 16.3 Å². The number of aromatic nitrogens is 3. The number of halogens is 1. The highest BCUT2D eigenvalue weighted by Gasteiger charge is 2.27. The molecule has 2 aromatic carbocycles. The van der Waals surface area contributed by atoms with E-state index in [9.17, 15) is 14.4 Å². The smallest absolute Gasteiger partial charge is 0.359 e. The summed E-state index contributed by atoms with van der Waals surface area (Å²) in [7, 11) is 0. The monoisotopic (exact) mass is 548 g/mol. The van der Waals surface area contributed by atoms with E-state index < -0.39 is 17.4 Å². The summed E-state index contributed by atoms with van der Waals surface area (Å²) >= 11 is 7.44. The number of anilines is 1. The molecule has 0 saturated heterocycles. The number of fused-ring (bicyclic) bond motifs is 1. The van der Waals surface area contributed by atoms with Crippen LogP contribution in [0.15, 0.2) is 63.2 Å². The van der Waals surface area contributed by atoms with E-state index in [2.05, 4.69) is 15.6 Å². The van der Waals surface area contributed by atoms with E-state index in [0.29, 0.717) is 16.3 Å². The molecule has 1 amide bonds. The molecule has 192 valence electrons. The average molecular weight is 549 g/mol. The van der Waals surface area contributed by atoms with Crippen LogP contribution in [0.3, 0.4) is 0 Å². The van der Waals surface area contributed by atoms with Crippen LogP contribution in [0.5, 0.6) is 0 Å². The molecule has 11 heteroatoms. The minimum Gasteiger partial charge on any atom is -0.461 e. The van der Waals surface area contributed by atoms with E-state index in [1.165, 1.54) is 0 Å². The number of nitrogens with one attached hydrogen (secondary N) is 1. The lowest BCUT2D eigenvalue weighted by atomic mass is 10.1. The van der Waals surface area contributed by atoms with Gasteiger partial charge >= 0.3 is 5.97 Å². The molecule has 0 saturated carbocycles. The van der Waals surface area contributed by atoms with E-state index in [1.807, 2.05) is 19.1 Å². The number of amides is 1. The van der Waals surface area contributed by atoms with E-state index in [0.717, 1.165) is 21.6 Å². The van der Waals surface area contributed by atoms with Crippen LogP contribution in [0.2, 0.25) is 5.02 Å². The molecule has 38 heavy (non-hydrogen) atoms. The van der Waals surface area contributed by atoms with E-state index in [4.69, 9.17) is 20.9 Å². The Morgan fingerprint density at radius 1 is 1.13 bits per heavy atom. The van der Waals surface area contributed by atoms with Crippen molar-refractivity contribution in [3.63, 3.8) is 0 Å². The lowest BCUT2D eigenvalue weighted by Gasteiger charge is -2.10. The van der Waals surface area contributed by atoms with E-state index >= 15 is 0 Å². The van der Waals surface area contributed by atoms with Crippen LogP contribution in [-0.4, -0.2) is 33.4 Å². The molecule has 3 heterocycles. The van der Waals surface area contributed by atoms with Gasteiger partial charge in [-0.05, 0) is 39.0 Å². The Morgan fingerprint density at radius 2 is 1.87 bits per heavy atom. The maximum Gasteiger partial charge on any atom is 0.359 e. The summed E-state index contributed by atoms with van der Waals surface area (Å²) in [5.74, 6) is -0.938. The zero-order valence-corrected chi connectivity index (χ0v) is 22.1. The number of benzene rings is 2. The predicted octanol–water partition coefficient (Wildman–Crippen LogP) is 5.80. The number of hydrogen-bond donors (Lipinski definition) is 1. The van der Waals surface area contributed by atoms with Crippen LogP contribution < -0.4 is 10.9 Å². The number of aryl methyl sites for hydroxylation is 2. The number of rotatable bonds is 6. The Hall–Kier alpha value is -4.28. The molecule has 0 bridgehead atoms. The van der Waals surface area contributed by atoms with Crippen molar-refractivity contribution in [1.29, 1.82) is 0 Å². The Balaban J connectivity index is 1.64. The second kappa shape index (κ2) is 10.2. The van der Waals surface area contributed by atoms with Crippen LogP contribution in [0.4, 0.5) is 5.00 Å². The summed E-state index contributed by atoms with van der Waals surface area (Å²) in [6, 6.07) is 14.1. The van der Waals surface area contributed by atoms with Gasteiger partial charge in [-0.2, -0.15) is 9.78 Å². The number of esters is 1. The SMILES string of the molecule is CCOC(=O)c1nn(-c2ccc(C)cc2)c(=O)c2c(NC(=O)c3c(-c4ccccc4Cl)noc3C)scc12. The van der Waals surface area contributed by atoms with Gasteiger partial charge in [0.2, 0.25) is 0 Å². The van der Waals surface area contributed by atoms with Gasteiger partial charge in [0.05, 0.1) is 22.7 Å². The van der Waals surface area contributed by atoms with Gasteiger partial charge in [-0.1, -0.05) is 52.7 Å². The number of carbonyl (C=O) groups is 2. The van der Waals surface area contributed by atoms with Crippen LogP contribution >= 0.6 is 22.9 Å². The van der Waals surface area contributed by atoms with E-state index in [1.54, 1.807) is 55.6 Å². The van der Waals surface area contributed by atoms with E-state index in [-0.39, 0.29) is 45.1 Å². The molecule has 0 unspecified atom stereocenters.